The molecule has 0 saturated carbocycles. The molecule has 1 aromatic heterocycles. The first-order valence-electron chi connectivity index (χ1n) is 4.52. The summed E-state index contributed by atoms with van der Waals surface area (Å²) in [6, 6.07) is 6.75. The second-order valence-corrected chi connectivity index (χ2v) is 3.25. The smallest absolute Gasteiger partial charge is 0.345 e. The summed E-state index contributed by atoms with van der Waals surface area (Å²) in [4.78, 5) is 17.2. The van der Waals surface area contributed by atoms with Gasteiger partial charge in [0.25, 0.3) is 0 Å². The number of aryl methyl sites for hydroxylation is 1. The summed E-state index contributed by atoms with van der Waals surface area (Å²) in [6.07, 6.45) is 1.62. The lowest BCUT2D eigenvalue weighted by molar-refractivity contribution is 0.475. The Labute approximate surface area is 86.2 Å². The van der Waals surface area contributed by atoms with Crippen molar-refractivity contribution >= 4 is 0 Å². The van der Waals surface area contributed by atoms with Gasteiger partial charge >= 0.3 is 5.69 Å². The van der Waals surface area contributed by atoms with Gasteiger partial charge in [-0.1, -0.05) is 12.1 Å². The highest BCUT2D eigenvalue weighted by Gasteiger charge is 2.03. The van der Waals surface area contributed by atoms with Gasteiger partial charge < -0.3 is 10.1 Å². The van der Waals surface area contributed by atoms with Crippen molar-refractivity contribution in [1.29, 1.82) is 0 Å². The number of H-pyrrole nitrogens is 1. The number of aromatic amines is 1. The molecule has 0 bridgehead atoms. The number of aromatic hydroxyl groups is 1. The number of rotatable bonds is 1. The lowest BCUT2D eigenvalue weighted by atomic mass is 10.1. The van der Waals surface area contributed by atoms with Crippen LogP contribution in [0.2, 0.25) is 0 Å². The van der Waals surface area contributed by atoms with E-state index in [1.807, 2.05) is 0 Å². The predicted octanol–water partition coefficient (Wildman–Crippen LogP) is 1.45. The third-order valence-electron chi connectivity index (χ3n) is 2.18. The molecular weight excluding hydrogens is 192 g/mol. The quantitative estimate of drug-likeness (QED) is 0.735. The summed E-state index contributed by atoms with van der Waals surface area (Å²) < 4.78 is 0. The molecule has 0 atom stereocenters. The largest absolute Gasteiger partial charge is 0.508 e. The Balaban J connectivity index is 2.54. The van der Waals surface area contributed by atoms with Crippen LogP contribution < -0.4 is 5.69 Å². The Morgan fingerprint density at radius 1 is 1.27 bits per heavy atom. The van der Waals surface area contributed by atoms with Crippen LogP contribution in [-0.2, 0) is 0 Å². The van der Waals surface area contributed by atoms with Gasteiger partial charge in [-0.3, -0.25) is 0 Å². The Morgan fingerprint density at radius 2 is 1.93 bits per heavy atom. The Kier molecular flexibility index (Phi) is 2.25. The minimum atomic E-state index is -0.352. The topological polar surface area (TPSA) is 66.0 Å². The van der Waals surface area contributed by atoms with Gasteiger partial charge in [-0.2, -0.15) is 4.98 Å². The van der Waals surface area contributed by atoms with Crippen LogP contribution in [0.4, 0.5) is 0 Å². The molecule has 1 aromatic carbocycles. The molecule has 1 heterocycles. The highest BCUT2D eigenvalue weighted by atomic mass is 16.3. The molecule has 4 nitrogen and oxygen atoms in total. The van der Waals surface area contributed by atoms with Crippen molar-refractivity contribution in [2.75, 3.05) is 0 Å². The van der Waals surface area contributed by atoms with Crippen LogP contribution in [0, 0.1) is 6.92 Å². The molecule has 0 amide bonds. The summed E-state index contributed by atoms with van der Waals surface area (Å²) in [5.74, 6) is 0.216. The molecular formula is C11H10N2O2. The summed E-state index contributed by atoms with van der Waals surface area (Å²) in [5, 5.41) is 9.14. The number of phenols is 1. The molecule has 0 saturated heterocycles. The van der Waals surface area contributed by atoms with E-state index in [0.717, 1.165) is 11.1 Å². The highest BCUT2D eigenvalue weighted by Crippen LogP contribution is 2.22. The van der Waals surface area contributed by atoms with E-state index in [9.17, 15) is 4.79 Å². The van der Waals surface area contributed by atoms with E-state index in [4.69, 9.17) is 5.11 Å². The fourth-order valence-electron chi connectivity index (χ4n) is 1.42. The number of aromatic nitrogens is 2. The van der Waals surface area contributed by atoms with Crippen LogP contribution in [0.5, 0.6) is 5.75 Å². The third-order valence-corrected chi connectivity index (χ3v) is 2.18. The zero-order valence-electron chi connectivity index (χ0n) is 8.19. The van der Waals surface area contributed by atoms with E-state index in [1.165, 1.54) is 0 Å². The van der Waals surface area contributed by atoms with E-state index < -0.39 is 0 Å². The summed E-state index contributed by atoms with van der Waals surface area (Å²) in [6.45, 7) is 1.78. The van der Waals surface area contributed by atoms with Crippen molar-refractivity contribution in [3.8, 4) is 16.9 Å². The Morgan fingerprint density at radius 3 is 2.53 bits per heavy atom. The van der Waals surface area contributed by atoms with Gasteiger partial charge in [-0.05, 0) is 24.6 Å². The molecule has 0 aliphatic rings. The second-order valence-electron chi connectivity index (χ2n) is 3.25. The number of nitrogens with one attached hydrogen (secondary N) is 1. The van der Waals surface area contributed by atoms with Crippen molar-refractivity contribution in [3.05, 3.63) is 46.6 Å². The molecule has 0 aliphatic heterocycles. The van der Waals surface area contributed by atoms with E-state index >= 15 is 0 Å². The lowest BCUT2D eigenvalue weighted by Gasteiger charge is -2.03. The van der Waals surface area contributed by atoms with E-state index in [-0.39, 0.29) is 11.4 Å². The molecule has 0 unspecified atom stereocenters. The number of hydrogen-bond acceptors (Lipinski definition) is 3. The fraction of sp³-hybridized carbons (Fsp3) is 0.0909. The maximum atomic E-state index is 10.9. The normalized spacial score (nSPS) is 10.2. The molecule has 2 rings (SSSR count). The van der Waals surface area contributed by atoms with Crippen molar-refractivity contribution in [2.45, 2.75) is 6.92 Å². The first-order chi connectivity index (χ1) is 7.16. The molecule has 15 heavy (non-hydrogen) atoms. The van der Waals surface area contributed by atoms with Gasteiger partial charge in [0.15, 0.2) is 0 Å². The summed E-state index contributed by atoms with van der Waals surface area (Å²) >= 11 is 0. The van der Waals surface area contributed by atoms with Crippen molar-refractivity contribution in [3.63, 3.8) is 0 Å². The summed E-state index contributed by atoms with van der Waals surface area (Å²) in [5.41, 5.74) is 2.09. The molecule has 0 aliphatic carbocycles. The predicted molar refractivity (Wildman–Crippen MR) is 56.7 cm³/mol. The molecule has 2 aromatic rings. The Bertz CT molecular complexity index is 529. The average Bonchev–Trinajstić information content (AvgIpc) is 2.20. The first-order valence-corrected chi connectivity index (χ1v) is 4.52. The molecule has 2 N–H and O–H groups in total. The zero-order valence-corrected chi connectivity index (χ0v) is 8.19. The van der Waals surface area contributed by atoms with E-state index in [2.05, 4.69) is 9.97 Å². The number of nitrogens with zero attached hydrogens (tertiary/aromatic N) is 1. The molecule has 0 radical (unpaired) electrons. The standard InChI is InChI=1S/C11H10N2O2/c1-7-10(6-12-11(15)13-7)8-2-4-9(14)5-3-8/h2-6,14H,1H3,(H,12,13,15). The van der Waals surface area contributed by atoms with E-state index in [0.29, 0.717) is 5.69 Å². The molecule has 76 valence electrons. The van der Waals surface area contributed by atoms with Crippen molar-refractivity contribution in [1.82, 2.24) is 9.97 Å². The number of hydrogen-bond donors (Lipinski definition) is 2. The number of phenolic OH excluding ortho intramolecular Hbond substituents is 1. The third kappa shape index (κ3) is 1.88. The van der Waals surface area contributed by atoms with Crippen molar-refractivity contribution < 1.29 is 5.11 Å². The van der Waals surface area contributed by atoms with Gasteiger partial charge in [-0.15, -0.1) is 0 Å². The van der Waals surface area contributed by atoms with Gasteiger partial charge in [0, 0.05) is 11.8 Å². The van der Waals surface area contributed by atoms with Crippen LogP contribution in [-0.4, -0.2) is 15.1 Å². The monoisotopic (exact) mass is 202 g/mol. The van der Waals surface area contributed by atoms with Gasteiger partial charge in [-0.25, -0.2) is 4.79 Å². The van der Waals surface area contributed by atoms with Crippen molar-refractivity contribution in [2.24, 2.45) is 0 Å². The lowest BCUT2D eigenvalue weighted by Crippen LogP contribution is -2.11. The van der Waals surface area contributed by atoms with Crippen LogP contribution in [0.3, 0.4) is 0 Å². The molecule has 0 fully saturated rings. The van der Waals surface area contributed by atoms with Gasteiger partial charge in [0.05, 0.1) is 5.69 Å². The van der Waals surface area contributed by atoms with Crippen LogP contribution in [0.1, 0.15) is 5.69 Å². The maximum absolute atomic E-state index is 10.9. The van der Waals surface area contributed by atoms with Crippen LogP contribution in [0.25, 0.3) is 11.1 Å². The summed E-state index contributed by atoms with van der Waals surface area (Å²) in [7, 11) is 0. The fourth-order valence-corrected chi connectivity index (χ4v) is 1.42. The molecule has 0 spiro atoms. The second kappa shape index (κ2) is 3.57. The average molecular weight is 202 g/mol. The van der Waals surface area contributed by atoms with Crippen LogP contribution in [0.15, 0.2) is 35.3 Å². The van der Waals surface area contributed by atoms with Crippen LogP contribution >= 0.6 is 0 Å². The maximum Gasteiger partial charge on any atom is 0.345 e. The first kappa shape index (κ1) is 9.45. The van der Waals surface area contributed by atoms with Gasteiger partial charge in [0.1, 0.15) is 5.75 Å². The minimum Gasteiger partial charge on any atom is -0.508 e. The SMILES string of the molecule is Cc1nc(=O)[nH]cc1-c1ccc(O)cc1. The molecule has 4 heteroatoms. The number of benzene rings is 1. The minimum absolute atomic E-state index is 0.216. The highest BCUT2D eigenvalue weighted by molar-refractivity contribution is 5.65. The Hall–Kier alpha value is -2.10. The zero-order chi connectivity index (χ0) is 10.8. The van der Waals surface area contributed by atoms with Gasteiger partial charge in [0.2, 0.25) is 0 Å². The van der Waals surface area contributed by atoms with E-state index in [1.54, 1.807) is 37.4 Å².